The number of benzene rings is 1. The molecule has 0 fully saturated rings. The van der Waals surface area contributed by atoms with Gasteiger partial charge in [-0.2, -0.15) is 0 Å². The van der Waals surface area contributed by atoms with E-state index in [1.165, 1.54) is 18.2 Å². The van der Waals surface area contributed by atoms with Crippen LogP contribution in [0.25, 0.3) is 0 Å². The lowest BCUT2D eigenvalue weighted by Crippen LogP contribution is -2.27. The van der Waals surface area contributed by atoms with Crippen molar-refractivity contribution in [1.82, 2.24) is 5.32 Å². The average Bonchev–Trinajstić information content (AvgIpc) is 2.25. The minimum absolute atomic E-state index is 0.0382. The predicted octanol–water partition coefficient (Wildman–Crippen LogP) is 1.59. The van der Waals surface area contributed by atoms with E-state index in [0.717, 1.165) is 0 Å². The third-order valence-corrected chi connectivity index (χ3v) is 2.18. The molecular formula is C11H13ClN2O3. The van der Waals surface area contributed by atoms with Gasteiger partial charge in [0.05, 0.1) is 12.1 Å². The van der Waals surface area contributed by atoms with E-state index in [9.17, 15) is 9.59 Å². The van der Waals surface area contributed by atoms with Gasteiger partial charge in [-0.3, -0.25) is 4.79 Å². The third-order valence-electron chi connectivity index (χ3n) is 1.96. The van der Waals surface area contributed by atoms with Crippen LogP contribution in [0.1, 0.15) is 17.3 Å². The number of likely N-dealkylation sites (N-methyl/N-ethyl adjacent to an activating group) is 1. The van der Waals surface area contributed by atoms with Crippen molar-refractivity contribution in [1.29, 1.82) is 0 Å². The van der Waals surface area contributed by atoms with Crippen LogP contribution in [0.5, 0.6) is 0 Å². The van der Waals surface area contributed by atoms with E-state index in [1.54, 1.807) is 0 Å². The number of carbonyl (C=O) groups excluding carboxylic acids is 1. The minimum atomic E-state index is -1.09. The van der Waals surface area contributed by atoms with Gasteiger partial charge in [0, 0.05) is 10.7 Å². The maximum atomic E-state index is 11.4. The third kappa shape index (κ3) is 4.42. The van der Waals surface area contributed by atoms with Gasteiger partial charge in [0.25, 0.3) is 0 Å². The largest absolute Gasteiger partial charge is 0.478 e. The molecule has 17 heavy (non-hydrogen) atoms. The molecule has 3 N–H and O–H groups in total. The summed E-state index contributed by atoms with van der Waals surface area (Å²) in [6.07, 6.45) is 0. The highest BCUT2D eigenvalue weighted by molar-refractivity contribution is 6.31. The highest BCUT2D eigenvalue weighted by Gasteiger charge is 2.08. The van der Waals surface area contributed by atoms with Crippen LogP contribution in [-0.2, 0) is 4.79 Å². The summed E-state index contributed by atoms with van der Waals surface area (Å²) in [6.45, 7) is 2.74. The van der Waals surface area contributed by atoms with Crippen molar-refractivity contribution in [3.63, 3.8) is 0 Å². The second kappa shape index (κ2) is 6.22. The molecule has 0 unspecified atom stereocenters. The normalized spacial score (nSPS) is 10.0. The predicted molar refractivity (Wildman–Crippen MR) is 65.6 cm³/mol. The maximum absolute atomic E-state index is 11.4. The van der Waals surface area contributed by atoms with Crippen LogP contribution in [0.4, 0.5) is 5.69 Å². The highest BCUT2D eigenvalue weighted by Crippen LogP contribution is 2.19. The Bertz CT molecular complexity index is 435. The van der Waals surface area contributed by atoms with E-state index in [1.807, 2.05) is 6.92 Å². The fourth-order valence-corrected chi connectivity index (χ4v) is 1.46. The standard InChI is InChI=1S/C11H13ClN2O3/c1-2-13-6-10(15)14-9-4-7(11(16)17)3-8(12)5-9/h3-5,13H,2,6H2,1H3,(H,14,15)(H,16,17). The molecule has 1 aromatic carbocycles. The van der Waals surface area contributed by atoms with Crippen molar-refractivity contribution in [2.75, 3.05) is 18.4 Å². The summed E-state index contributed by atoms with van der Waals surface area (Å²) < 4.78 is 0. The van der Waals surface area contributed by atoms with E-state index in [0.29, 0.717) is 12.2 Å². The van der Waals surface area contributed by atoms with Crippen molar-refractivity contribution in [2.24, 2.45) is 0 Å². The molecule has 0 aromatic heterocycles. The number of carboxylic acids is 1. The van der Waals surface area contributed by atoms with Crippen LogP contribution in [0.3, 0.4) is 0 Å². The monoisotopic (exact) mass is 256 g/mol. The van der Waals surface area contributed by atoms with E-state index < -0.39 is 5.97 Å². The molecule has 0 aliphatic carbocycles. The zero-order valence-electron chi connectivity index (χ0n) is 9.29. The van der Waals surface area contributed by atoms with Crippen molar-refractivity contribution >= 4 is 29.2 Å². The number of carbonyl (C=O) groups is 2. The van der Waals surface area contributed by atoms with Gasteiger partial charge in [-0.25, -0.2) is 4.79 Å². The topological polar surface area (TPSA) is 78.4 Å². The van der Waals surface area contributed by atoms with Gasteiger partial charge in [-0.1, -0.05) is 18.5 Å². The SMILES string of the molecule is CCNCC(=O)Nc1cc(Cl)cc(C(=O)O)c1. The second-order valence-electron chi connectivity index (χ2n) is 3.36. The summed E-state index contributed by atoms with van der Waals surface area (Å²) in [5.41, 5.74) is 0.411. The molecule has 1 rings (SSSR count). The molecule has 0 saturated heterocycles. The molecule has 0 spiro atoms. The Kier molecular flexibility index (Phi) is 4.93. The van der Waals surface area contributed by atoms with Crippen LogP contribution in [0.15, 0.2) is 18.2 Å². The van der Waals surface area contributed by atoms with Crippen molar-refractivity contribution in [3.8, 4) is 0 Å². The molecule has 92 valence electrons. The molecular weight excluding hydrogens is 244 g/mol. The Labute approximate surface area is 104 Å². The zero-order chi connectivity index (χ0) is 12.8. The van der Waals surface area contributed by atoms with E-state index >= 15 is 0 Å². The Morgan fingerprint density at radius 2 is 2.06 bits per heavy atom. The molecule has 1 aromatic rings. The molecule has 0 heterocycles. The second-order valence-corrected chi connectivity index (χ2v) is 3.80. The number of hydrogen-bond acceptors (Lipinski definition) is 3. The van der Waals surface area contributed by atoms with Crippen LogP contribution >= 0.6 is 11.6 Å². The molecule has 0 atom stereocenters. The molecule has 0 aliphatic rings. The number of carboxylic acid groups (broad SMARTS) is 1. The van der Waals surface area contributed by atoms with Gasteiger partial charge in [0.1, 0.15) is 0 Å². The molecule has 6 heteroatoms. The maximum Gasteiger partial charge on any atom is 0.335 e. The van der Waals surface area contributed by atoms with Crippen molar-refractivity contribution in [2.45, 2.75) is 6.92 Å². The Balaban J connectivity index is 2.77. The first kappa shape index (κ1) is 13.5. The summed E-state index contributed by atoms with van der Waals surface area (Å²) in [5.74, 6) is -1.33. The lowest BCUT2D eigenvalue weighted by molar-refractivity contribution is -0.115. The van der Waals surface area contributed by atoms with Gasteiger partial charge >= 0.3 is 5.97 Å². The Morgan fingerprint density at radius 1 is 1.35 bits per heavy atom. The van der Waals surface area contributed by atoms with Crippen molar-refractivity contribution < 1.29 is 14.7 Å². The van der Waals surface area contributed by atoms with Crippen molar-refractivity contribution in [3.05, 3.63) is 28.8 Å². The Morgan fingerprint density at radius 3 is 2.65 bits per heavy atom. The number of rotatable bonds is 5. The van der Waals surface area contributed by atoms with Gasteiger partial charge in [0.2, 0.25) is 5.91 Å². The molecule has 0 saturated carbocycles. The van der Waals surface area contributed by atoms with Gasteiger partial charge in [0.15, 0.2) is 0 Å². The fraction of sp³-hybridized carbons (Fsp3) is 0.273. The number of anilines is 1. The minimum Gasteiger partial charge on any atom is -0.478 e. The van der Waals surface area contributed by atoms with Gasteiger partial charge < -0.3 is 15.7 Å². The molecule has 1 amide bonds. The number of hydrogen-bond donors (Lipinski definition) is 3. The summed E-state index contributed by atoms with van der Waals surface area (Å²) in [7, 11) is 0. The van der Waals surface area contributed by atoms with Crippen LogP contribution in [0, 0.1) is 0 Å². The lowest BCUT2D eigenvalue weighted by Gasteiger charge is -2.07. The number of halogens is 1. The average molecular weight is 257 g/mol. The van der Waals surface area contributed by atoms with Gasteiger partial charge in [-0.05, 0) is 24.7 Å². The van der Waals surface area contributed by atoms with E-state index in [-0.39, 0.29) is 23.0 Å². The lowest BCUT2D eigenvalue weighted by atomic mass is 10.2. The fourth-order valence-electron chi connectivity index (χ4n) is 1.23. The number of nitrogens with one attached hydrogen (secondary N) is 2. The van der Waals surface area contributed by atoms with Gasteiger partial charge in [-0.15, -0.1) is 0 Å². The molecule has 5 nitrogen and oxygen atoms in total. The highest BCUT2D eigenvalue weighted by atomic mass is 35.5. The summed E-state index contributed by atoms with van der Waals surface area (Å²) in [5, 5.41) is 14.5. The van der Waals surface area contributed by atoms with Crippen LogP contribution in [0.2, 0.25) is 5.02 Å². The summed E-state index contributed by atoms with van der Waals surface area (Å²) >= 11 is 5.75. The van der Waals surface area contributed by atoms with Crippen LogP contribution in [-0.4, -0.2) is 30.1 Å². The van der Waals surface area contributed by atoms with Crippen LogP contribution < -0.4 is 10.6 Å². The summed E-state index contributed by atoms with van der Waals surface area (Å²) in [4.78, 5) is 22.2. The summed E-state index contributed by atoms with van der Waals surface area (Å²) in [6, 6.07) is 4.18. The Hall–Kier alpha value is -1.59. The van der Waals surface area contributed by atoms with E-state index in [4.69, 9.17) is 16.7 Å². The first-order chi connectivity index (χ1) is 8.02. The number of amides is 1. The zero-order valence-corrected chi connectivity index (χ0v) is 10.0. The quantitative estimate of drug-likeness (QED) is 0.748. The first-order valence-corrected chi connectivity index (χ1v) is 5.45. The molecule has 0 aliphatic heterocycles. The number of aromatic carboxylic acids is 1. The molecule has 0 bridgehead atoms. The smallest absolute Gasteiger partial charge is 0.335 e. The first-order valence-electron chi connectivity index (χ1n) is 5.07. The van der Waals surface area contributed by atoms with E-state index in [2.05, 4.69) is 10.6 Å². The molecule has 0 radical (unpaired) electrons.